The predicted molar refractivity (Wildman–Crippen MR) is 93.2 cm³/mol. The summed E-state index contributed by atoms with van der Waals surface area (Å²) in [5.41, 5.74) is 2.95. The number of aromatic nitrogens is 1. The summed E-state index contributed by atoms with van der Waals surface area (Å²) in [6, 6.07) is 9.23. The van der Waals surface area contributed by atoms with Crippen LogP contribution < -0.4 is 15.5 Å². The molecule has 0 spiro atoms. The van der Waals surface area contributed by atoms with Crippen molar-refractivity contribution in [2.75, 3.05) is 5.32 Å². The number of rotatable bonds is 4. The molecular formula is C18H19N3O6. The maximum absolute atomic E-state index is 12.1. The van der Waals surface area contributed by atoms with Crippen LogP contribution in [0, 0.1) is 0 Å². The standard InChI is InChI=1S/C18H19N3O6/c1-18(2)26-10-12-13(8-19-14(15(12)27-18)16(22)21-24)20-17(23)25-9-11-6-4-3-5-7-11/h3-8,24H,9-10H2,1-2H3,(H,20,23)(H,21,22). The van der Waals surface area contributed by atoms with Gasteiger partial charge in [-0.05, 0) is 5.56 Å². The number of anilines is 1. The summed E-state index contributed by atoms with van der Waals surface area (Å²) in [6.07, 6.45) is 0.588. The third-order valence-electron chi connectivity index (χ3n) is 3.82. The van der Waals surface area contributed by atoms with Crippen LogP contribution in [-0.2, 0) is 22.7 Å². The van der Waals surface area contributed by atoms with Crippen LogP contribution >= 0.6 is 0 Å². The van der Waals surface area contributed by atoms with E-state index in [2.05, 4.69) is 10.3 Å². The summed E-state index contributed by atoms with van der Waals surface area (Å²) in [5, 5.41) is 11.5. The van der Waals surface area contributed by atoms with Crippen LogP contribution in [0.2, 0.25) is 0 Å². The minimum absolute atomic E-state index is 0.0743. The summed E-state index contributed by atoms with van der Waals surface area (Å²) in [7, 11) is 0. The van der Waals surface area contributed by atoms with Gasteiger partial charge in [-0.25, -0.2) is 15.3 Å². The van der Waals surface area contributed by atoms with Crippen molar-refractivity contribution in [3.8, 4) is 5.75 Å². The summed E-state index contributed by atoms with van der Waals surface area (Å²) in [6.45, 7) is 3.52. The normalized spacial score (nSPS) is 14.5. The lowest BCUT2D eigenvalue weighted by atomic mass is 10.1. The fraction of sp³-hybridized carbons (Fsp3) is 0.278. The van der Waals surface area contributed by atoms with Gasteiger partial charge in [-0.15, -0.1) is 0 Å². The minimum Gasteiger partial charge on any atom is -0.460 e. The van der Waals surface area contributed by atoms with Gasteiger partial charge in [0.2, 0.25) is 5.79 Å². The maximum Gasteiger partial charge on any atom is 0.412 e. The van der Waals surface area contributed by atoms with Crippen LogP contribution in [0.25, 0.3) is 0 Å². The zero-order chi connectivity index (χ0) is 19.4. The van der Waals surface area contributed by atoms with E-state index in [1.807, 2.05) is 30.3 Å². The first-order valence-corrected chi connectivity index (χ1v) is 8.16. The second-order valence-electron chi connectivity index (χ2n) is 6.25. The molecule has 3 rings (SSSR count). The second kappa shape index (κ2) is 7.60. The maximum atomic E-state index is 12.1. The number of hydroxylamine groups is 1. The Hall–Kier alpha value is -3.17. The Kier molecular flexibility index (Phi) is 5.24. The molecule has 1 aromatic heterocycles. The van der Waals surface area contributed by atoms with Crippen molar-refractivity contribution in [2.45, 2.75) is 32.8 Å². The van der Waals surface area contributed by atoms with E-state index in [4.69, 9.17) is 19.4 Å². The fourth-order valence-corrected chi connectivity index (χ4v) is 2.50. The number of carbonyl (C=O) groups excluding carboxylic acids is 2. The number of nitrogens with one attached hydrogen (secondary N) is 2. The molecule has 1 aliphatic rings. The summed E-state index contributed by atoms with van der Waals surface area (Å²) < 4.78 is 16.4. The first-order chi connectivity index (χ1) is 12.9. The molecular weight excluding hydrogens is 354 g/mol. The highest BCUT2D eigenvalue weighted by Gasteiger charge is 2.33. The first kappa shape index (κ1) is 18.6. The van der Waals surface area contributed by atoms with Crippen LogP contribution in [0.4, 0.5) is 10.5 Å². The Morgan fingerprint density at radius 1 is 1.30 bits per heavy atom. The molecule has 9 nitrogen and oxygen atoms in total. The molecule has 27 heavy (non-hydrogen) atoms. The Morgan fingerprint density at radius 3 is 2.74 bits per heavy atom. The van der Waals surface area contributed by atoms with Gasteiger partial charge in [-0.3, -0.25) is 15.3 Å². The van der Waals surface area contributed by atoms with Crippen LogP contribution in [0.1, 0.15) is 35.5 Å². The van der Waals surface area contributed by atoms with Gasteiger partial charge in [-0.2, -0.15) is 0 Å². The highest BCUT2D eigenvalue weighted by atomic mass is 16.7. The molecule has 0 saturated carbocycles. The lowest BCUT2D eigenvalue weighted by Crippen LogP contribution is -2.37. The highest BCUT2D eigenvalue weighted by Crippen LogP contribution is 2.37. The van der Waals surface area contributed by atoms with Crippen molar-refractivity contribution in [3.05, 3.63) is 53.3 Å². The largest absolute Gasteiger partial charge is 0.460 e. The van der Waals surface area contributed by atoms with Gasteiger partial charge < -0.3 is 14.2 Å². The monoisotopic (exact) mass is 373 g/mol. The number of amides is 2. The molecule has 9 heteroatoms. The molecule has 142 valence electrons. The Bertz CT molecular complexity index is 854. The van der Waals surface area contributed by atoms with Gasteiger partial charge in [0, 0.05) is 19.4 Å². The molecule has 0 unspecified atom stereocenters. The lowest BCUT2D eigenvalue weighted by molar-refractivity contribution is -0.180. The molecule has 2 amide bonds. The number of hydrogen-bond acceptors (Lipinski definition) is 7. The van der Waals surface area contributed by atoms with E-state index >= 15 is 0 Å². The summed E-state index contributed by atoms with van der Waals surface area (Å²) >= 11 is 0. The molecule has 0 fully saturated rings. The molecule has 0 atom stereocenters. The number of pyridine rings is 1. The summed E-state index contributed by atoms with van der Waals surface area (Å²) in [4.78, 5) is 27.9. The fourth-order valence-electron chi connectivity index (χ4n) is 2.50. The second-order valence-corrected chi connectivity index (χ2v) is 6.25. The molecule has 3 N–H and O–H groups in total. The van der Waals surface area contributed by atoms with Crippen molar-refractivity contribution >= 4 is 17.7 Å². The van der Waals surface area contributed by atoms with Gasteiger partial charge in [0.15, 0.2) is 11.4 Å². The lowest BCUT2D eigenvalue weighted by Gasteiger charge is -2.34. The van der Waals surface area contributed by atoms with Gasteiger partial charge >= 0.3 is 6.09 Å². The quantitative estimate of drug-likeness (QED) is 0.557. The molecule has 2 aromatic rings. The van der Waals surface area contributed by atoms with E-state index in [1.54, 1.807) is 13.8 Å². The van der Waals surface area contributed by atoms with Crippen molar-refractivity contribution in [2.24, 2.45) is 0 Å². The molecule has 1 aliphatic heterocycles. The van der Waals surface area contributed by atoms with Crippen molar-refractivity contribution in [1.29, 1.82) is 0 Å². The van der Waals surface area contributed by atoms with Gasteiger partial charge in [0.1, 0.15) is 6.61 Å². The average Bonchev–Trinajstić information content (AvgIpc) is 2.66. The molecule has 0 saturated heterocycles. The Morgan fingerprint density at radius 2 is 2.04 bits per heavy atom. The van der Waals surface area contributed by atoms with Gasteiger partial charge in [-0.1, -0.05) is 30.3 Å². The Balaban J connectivity index is 1.79. The van der Waals surface area contributed by atoms with Crippen LogP contribution in [0.15, 0.2) is 36.5 Å². The molecule has 0 bridgehead atoms. The van der Waals surface area contributed by atoms with Gasteiger partial charge in [0.25, 0.3) is 5.91 Å². The SMILES string of the molecule is CC1(C)OCc2c(NC(=O)OCc3ccccc3)cnc(C(=O)NO)c2O1. The van der Waals surface area contributed by atoms with E-state index < -0.39 is 17.8 Å². The van der Waals surface area contributed by atoms with E-state index in [0.717, 1.165) is 5.56 Å². The average molecular weight is 373 g/mol. The zero-order valence-corrected chi connectivity index (χ0v) is 14.8. The van der Waals surface area contributed by atoms with Gasteiger partial charge in [0.05, 0.1) is 18.5 Å². The van der Waals surface area contributed by atoms with E-state index in [0.29, 0.717) is 5.56 Å². The third kappa shape index (κ3) is 4.33. The molecule has 1 aromatic carbocycles. The zero-order valence-electron chi connectivity index (χ0n) is 14.8. The van der Waals surface area contributed by atoms with E-state index in [1.165, 1.54) is 11.7 Å². The molecule has 2 heterocycles. The van der Waals surface area contributed by atoms with Crippen LogP contribution in [0.3, 0.4) is 0 Å². The highest BCUT2D eigenvalue weighted by molar-refractivity contribution is 5.96. The van der Waals surface area contributed by atoms with E-state index in [-0.39, 0.29) is 30.3 Å². The number of ether oxygens (including phenoxy) is 3. The van der Waals surface area contributed by atoms with Crippen LogP contribution in [0.5, 0.6) is 5.75 Å². The topological polar surface area (TPSA) is 119 Å². The number of benzene rings is 1. The number of fused-ring (bicyclic) bond motifs is 1. The Labute approximate surface area is 155 Å². The third-order valence-corrected chi connectivity index (χ3v) is 3.82. The number of nitrogens with zero attached hydrogens (tertiary/aromatic N) is 1. The number of carbonyl (C=O) groups is 2. The predicted octanol–water partition coefficient (Wildman–Crippen LogP) is 2.59. The minimum atomic E-state index is -0.994. The first-order valence-electron chi connectivity index (χ1n) is 8.16. The van der Waals surface area contributed by atoms with Crippen molar-refractivity contribution < 1.29 is 29.0 Å². The van der Waals surface area contributed by atoms with Crippen LogP contribution in [-0.4, -0.2) is 28.0 Å². The summed E-state index contributed by atoms with van der Waals surface area (Å²) in [5.74, 6) is -1.70. The smallest absolute Gasteiger partial charge is 0.412 e. The van der Waals surface area contributed by atoms with Crippen molar-refractivity contribution in [3.63, 3.8) is 0 Å². The molecule has 0 radical (unpaired) electrons. The number of hydrogen-bond donors (Lipinski definition) is 3. The molecule has 0 aliphatic carbocycles. The van der Waals surface area contributed by atoms with Crippen molar-refractivity contribution in [1.82, 2.24) is 10.5 Å². The van der Waals surface area contributed by atoms with E-state index in [9.17, 15) is 9.59 Å².